The number of aromatic nitrogens is 3. The number of nitro benzene ring substituents is 1. The molecule has 0 atom stereocenters. The third-order valence-electron chi connectivity index (χ3n) is 2.45. The lowest BCUT2D eigenvalue weighted by Gasteiger charge is -2.04. The molecule has 2 rings (SSSR count). The number of nitrogens with zero attached hydrogens (tertiary/aromatic N) is 4. The fourth-order valence-corrected chi connectivity index (χ4v) is 2.36. The number of benzene rings is 1. The lowest BCUT2D eigenvalue weighted by molar-refractivity contribution is -0.387. The third kappa shape index (κ3) is 2.77. The predicted octanol–water partition coefficient (Wildman–Crippen LogP) is 1.66. The van der Waals surface area contributed by atoms with Gasteiger partial charge in [0, 0.05) is 13.1 Å². The van der Waals surface area contributed by atoms with E-state index in [2.05, 4.69) is 14.9 Å². The Morgan fingerprint density at radius 1 is 1.50 bits per heavy atom. The van der Waals surface area contributed by atoms with Gasteiger partial charge in [0.05, 0.1) is 22.5 Å². The topological polar surface area (TPSA) is 100 Å². The number of aryl methyl sites for hydroxylation is 1. The van der Waals surface area contributed by atoms with Crippen LogP contribution >= 0.6 is 11.8 Å². The number of rotatable bonds is 4. The molecule has 1 aromatic carbocycles. The van der Waals surface area contributed by atoms with E-state index >= 15 is 0 Å². The first kappa shape index (κ1) is 14.0. The molecule has 0 saturated carbocycles. The molecule has 0 saturated heterocycles. The summed E-state index contributed by atoms with van der Waals surface area (Å²) in [5.41, 5.74) is 0.133. The van der Waals surface area contributed by atoms with Crippen LogP contribution in [0.5, 0.6) is 0 Å². The molecule has 0 aliphatic heterocycles. The Bertz CT molecular complexity index is 670. The second kappa shape index (κ2) is 5.70. The number of esters is 1. The van der Waals surface area contributed by atoms with Crippen molar-refractivity contribution in [3.05, 3.63) is 40.2 Å². The van der Waals surface area contributed by atoms with Crippen molar-refractivity contribution in [3.8, 4) is 0 Å². The number of carbonyl (C=O) groups is 1. The van der Waals surface area contributed by atoms with Crippen molar-refractivity contribution in [2.24, 2.45) is 7.05 Å². The van der Waals surface area contributed by atoms with Gasteiger partial charge in [0.25, 0.3) is 5.69 Å². The molecule has 0 spiro atoms. The molecule has 104 valence electrons. The Hall–Kier alpha value is -2.42. The molecule has 0 fully saturated rings. The first-order valence-corrected chi connectivity index (χ1v) is 6.23. The molecule has 0 aliphatic carbocycles. The Morgan fingerprint density at radius 2 is 2.25 bits per heavy atom. The summed E-state index contributed by atoms with van der Waals surface area (Å²) in [5, 5.41) is 19.0. The molecule has 0 unspecified atom stereocenters. The van der Waals surface area contributed by atoms with Crippen LogP contribution in [0.25, 0.3) is 0 Å². The highest BCUT2D eigenvalue weighted by Gasteiger charge is 2.19. The van der Waals surface area contributed by atoms with Crippen LogP contribution in [0.4, 0.5) is 5.69 Å². The molecule has 1 aromatic heterocycles. The molecular weight excluding hydrogens is 284 g/mol. The largest absolute Gasteiger partial charge is 0.465 e. The minimum atomic E-state index is -0.556. The fraction of sp³-hybridized carbons (Fsp3) is 0.182. The quantitative estimate of drug-likeness (QED) is 0.480. The molecule has 0 aliphatic rings. The van der Waals surface area contributed by atoms with Gasteiger partial charge in [0.1, 0.15) is 6.33 Å². The Balaban J connectivity index is 2.44. The summed E-state index contributed by atoms with van der Waals surface area (Å²) >= 11 is 1.06. The van der Waals surface area contributed by atoms with E-state index in [1.165, 1.54) is 31.6 Å². The van der Waals surface area contributed by atoms with Crippen molar-refractivity contribution in [3.63, 3.8) is 0 Å². The molecule has 0 bridgehead atoms. The molecule has 20 heavy (non-hydrogen) atoms. The van der Waals surface area contributed by atoms with Gasteiger partial charge in [-0.05, 0) is 23.9 Å². The number of ether oxygens (including phenoxy) is 1. The number of methoxy groups -OCH3 is 1. The van der Waals surface area contributed by atoms with Crippen LogP contribution in [0.1, 0.15) is 10.4 Å². The first-order chi connectivity index (χ1) is 9.52. The highest BCUT2D eigenvalue weighted by atomic mass is 32.2. The summed E-state index contributed by atoms with van der Waals surface area (Å²) in [5.74, 6) is -0.556. The summed E-state index contributed by atoms with van der Waals surface area (Å²) in [6, 6.07) is 4.03. The van der Waals surface area contributed by atoms with Crippen molar-refractivity contribution in [2.75, 3.05) is 7.11 Å². The lowest BCUT2D eigenvalue weighted by Crippen LogP contribution is -2.02. The van der Waals surface area contributed by atoms with E-state index in [4.69, 9.17) is 0 Å². The van der Waals surface area contributed by atoms with Crippen molar-refractivity contribution in [1.82, 2.24) is 14.8 Å². The van der Waals surface area contributed by atoms with Crippen LogP contribution < -0.4 is 0 Å². The lowest BCUT2D eigenvalue weighted by atomic mass is 10.2. The first-order valence-electron chi connectivity index (χ1n) is 5.41. The van der Waals surface area contributed by atoms with Gasteiger partial charge in [-0.25, -0.2) is 4.79 Å². The highest BCUT2D eigenvalue weighted by Crippen LogP contribution is 2.34. The van der Waals surface area contributed by atoms with Gasteiger partial charge in [-0.15, -0.1) is 10.2 Å². The number of hydrogen-bond acceptors (Lipinski definition) is 7. The smallest absolute Gasteiger partial charge is 0.337 e. The minimum Gasteiger partial charge on any atom is -0.465 e. The molecule has 0 N–H and O–H groups in total. The third-order valence-corrected chi connectivity index (χ3v) is 3.55. The molecule has 2 aromatic rings. The van der Waals surface area contributed by atoms with E-state index in [1.54, 1.807) is 11.6 Å². The summed E-state index contributed by atoms with van der Waals surface area (Å²) in [6.07, 6.45) is 1.48. The molecule has 9 heteroatoms. The molecule has 0 radical (unpaired) electrons. The van der Waals surface area contributed by atoms with Crippen LogP contribution in [0.15, 0.2) is 34.6 Å². The highest BCUT2D eigenvalue weighted by molar-refractivity contribution is 7.99. The van der Waals surface area contributed by atoms with Gasteiger partial charge in [-0.1, -0.05) is 0 Å². The van der Waals surface area contributed by atoms with E-state index in [1.807, 2.05) is 0 Å². The van der Waals surface area contributed by atoms with E-state index in [9.17, 15) is 14.9 Å². The summed E-state index contributed by atoms with van der Waals surface area (Å²) < 4.78 is 6.22. The molecule has 1 heterocycles. The zero-order chi connectivity index (χ0) is 14.7. The van der Waals surface area contributed by atoms with Gasteiger partial charge in [0.2, 0.25) is 0 Å². The zero-order valence-electron chi connectivity index (χ0n) is 10.6. The van der Waals surface area contributed by atoms with Crippen LogP contribution in [0.3, 0.4) is 0 Å². The van der Waals surface area contributed by atoms with Crippen LogP contribution in [-0.4, -0.2) is 32.8 Å². The van der Waals surface area contributed by atoms with Gasteiger partial charge in [-0.2, -0.15) is 0 Å². The number of carbonyl (C=O) groups excluding carboxylic acids is 1. The maximum atomic E-state index is 11.5. The van der Waals surface area contributed by atoms with Crippen molar-refractivity contribution >= 4 is 23.4 Å². The fourth-order valence-electron chi connectivity index (χ4n) is 1.45. The second-order valence-electron chi connectivity index (χ2n) is 3.76. The molecule has 8 nitrogen and oxygen atoms in total. The SMILES string of the molecule is COC(=O)c1ccc([N+](=O)[O-])c(Sc2nncn2C)c1. The number of nitro groups is 1. The normalized spacial score (nSPS) is 10.3. The predicted molar refractivity (Wildman–Crippen MR) is 69.6 cm³/mol. The van der Waals surface area contributed by atoms with Crippen LogP contribution in [0, 0.1) is 10.1 Å². The molecule has 0 amide bonds. The van der Waals surface area contributed by atoms with E-state index < -0.39 is 10.9 Å². The van der Waals surface area contributed by atoms with Crippen molar-refractivity contribution < 1.29 is 14.5 Å². The average molecular weight is 294 g/mol. The minimum absolute atomic E-state index is 0.106. The van der Waals surface area contributed by atoms with Gasteiger partial charge in [-0.3, -0.25) is 10.1 Å². The second-order valence-corrected chi connectivity index (χ2v) is 4.77. The van der Waals surface area contributed by atoms with E-state index in [-0.39, 0.29) is 11.3 Å². The van der Waals surface area contributed by atoms with Gasteiger partial charge in [0.15, 0.2) is 5.16 Å². The molecular formula is C11H10N4O4S. The van der Waals surface area contributed by atoms with Gasteiger partial charge >= 0.3 is 5.97 Å². The Morgan fingerprint density at radius 3 is 2.80 bits per heavy atom. The van der Waals surface area contributed by atoms with E-state index in [0.717, 1.165) is 11.8 Å². The van der Waals surface area contributed by atoms with Gasteiger partial charge < -0.3 is 9.30 Å². The monoisotopic (exact) mass is 294 g/mol. The Labute approximate surface area is 117 Å². The Kier molecular flexibility index (Phi) is 3.99. The van der Waals surface area contributed by atoms with Crippen LogP contribution in [-0.2, 0) is 11.8 Å². The van der Waals surface area contributed by atoms with Crippen LogP contribution in [0.2, 0.25) is 0 Å². The summed E-state index contributed by atoms with van der Waals surface area (Å²) in [7, 11) is 2.97. The summed E-state index contributed by atoms with van der Waals surface area (Å²) in [4.78, 5) is 22.3. The van der Waals surface area contributed by atoms with Crippen molar-refractivity contribution in [1.29, 1.82) is 0 Å². The summed E-state index contributed by atoms with van der Waals surface area (Å²) in [6.45, 7) is 0. The van der Waals surface area contributed by atoms with Crippen molar-refractivity contribution in [2.45, 2.75) is 10.1 Å². The standard InChI is InChI=1S/C11H10N4O4S/c1-14-6-12-13-11(14)20-9-5-7(10(16)19-2)3-4-8(9)15(17)18/h3-6H,1-2H3. The average Bonchev–Trinajstić information content (AvgIpc) is 2.83. The number of hydrogen-bond donors (Lipinski definition) is 0. The maximum absolute atomic E-state index is 11.5. The van der Waals surface area contributed by atoms with E-state index in [0.29, 0.717) is 10.1 Å². The zero-order valence-corrected chi connectivity index (χ0v) is 11.5. The maximum Gasteiger partial charge on any atom is 0.337 e.